The minimum Gasteiger partial charge on any atom is -0.458 e. The molecule has 1 aromatic rings. The number of rotatable bonds is 4. The highest BCUT2D eigenvalue weighted by Gasteiger charge is 2.29. The molecule has 132 valence electrons. The fourth-order valence-electron chi connectivity index (χ4n) is 3.69. The van der Waals surface area contributed by atoms with E-state index in [2.05, 4.69) is 6.92 Å². The smallest absolute Gasteiger partial charge is 0.338 e. The van der Waals surface area contributed by atoms with Crippen molar-refractivity contribution in [3.63, 3.8) is 0 Å². The van der Waals surface area contributed by atoms with Gasteiger partial charge >= 0.3 is 5.97 Å². The fraction of sp³-hybridized carbons (Fsp3) is 0.611. The van der Waals surface area contributed by atoms with Crippen LogP contribution in [-0.4, -0.2) is 32.8 Å². The van der Waals surface area contributed by atoms with Gasteiger partial charge in [0, 0.05) is 6.54 Å². The molecule has 24 heavy (non-hydrogen) atoms. The summed E-state index contributed by atoms with van der Waals surface area (Å²) in [5.74, 6) is 0.338. The Morgan fingerprint density at radius 3 is 2.50 bits per heavy atom. The third-order valence-corrected chi connectivity index (χ3v) is 6.98. The molecule has 1 aliphatic heterocycles. The predicted molar refractivity (Wildman–Crippen MR) is 93.6 cm³/mol. The van der Waals surface area contributed by atoms with Gasteiger partial charge in [0.15, 0.2) is 0 Å². The van der Waals surface area contributed by atoms with E-state index in [1.54, 1.807) is 24.3 Å². The maximum atomic E-state index is 12.4. The summed E-state index contributed by atoms with van der Waals surface area (Å²) < 4.78 is 31.0. The molecule has 0 N–H and O–H groups in total. The largest absolute Gasteiger partial charge is 0.458 e. The predicted octanol–water partition coefficient (Wildman–Crippen LogP) is 3.35. The van der Waals surface area contributed by atoms with Crippen molar-refractivity contribution in [3.05, 3.63) is 29.8 Å². The topological polar surface area (TPSA) is 63.7 Å². The van der Waals surface area contributed by atoms with Gasteiger partial charge in [0.05, 0.1) is 17.0 Å². The van der Waals surface area contributed by atoms with E-state index < -0.39 is 10.0 Å². The van der Waals surface area contributed by atoms with Crippen molar-refractivity contribution in [2.75, 3.05) is 16.6 Å². The van der Waals surface area contributed by atoms with Crippen molar-refractivity contribution in [1.82, 2.24) is 0 Å². The summed E-state index contributed by atoms with van der Waals surface area (Å²) in [4.78, 5) is 12.4. The van der Waals surface area contributed by atoms with Crippen LogP contribution in [0, 0.1) is 5.92 Å². The number of hydrogen-bond donors (Lipinski definition) is 0. The Balaban J connectivity index is 1.68. The number of hydrogen-bond acceptors (Lipinski definition) is 4. The summed E-state index contributed by atoms with van der Waals surface area (Å²) >= 11 is 0. The van der Waals surface area contributed by atoms with E-state index in [4.69, 9.17) is 4.74 Å². The first-order valence-electron chi connectivity index (χ1n) is 8.82. The van der Waals surface area contributed by atoms with E-state index in [0.717, 1.165) is 25.7 Å². The number of benzene rings is 1. The van der Waals surface area contributed by atoms with Gasteiger partial charge in [0.1, 0.15) is 6.10 Å². The molecule has 5 nitrogen and oxygen atoms in total. The summed E-state index contributed by atoms with van der Waals surface area (Å²) in [5, 5.41) is 0. The molecule has 0 radical (unpaired) electrons. The number of ether oxygens (including phenoxy) is 1. The van der Waals surface area contributed by atoms with Gasteiger partial charge < -0.3 is 4.74 Å². The quantitative estimate of drug-likeness (QED) is 0.781. The highest BCUT2D eigenvalue weighted by molar-refractivity contribution is 7.93. The van der Waals surface area contributed by atoms with E-state index in [1.807, 2.05) is 0 Å². The average molecular weight is 351 g/mol. The van der Waals surface area contributed by atoms with Gasteiger partial charge in [0.25, 0.3) is 0 Å². The third-order valence-electron chi connectivity index (χ3n) is 5.11. The van der Waals surface area contributed by atoms with E-state index in [0.29, 0.717) is 30.1 Å². The molecule has 2 unspecified atom stereocenters. The molecule has 0 bridgehead atoms. The van der Waals surface area contributed by atoms with Crippen LogP contribution in [0.25, 0.3) is 0 Å². The second-order valence-electron chi connectivity index (χ2n) is 6.69. The van der Waals surface area contributed by atoms with Gasteiger partial charge in [0.2, 0.25) is 10.0 Å². The van der Waals surface area contributed by atoms with E-state index in [-0.39, 0.29) is 17.8 Å². The number of carbonyl (C=O) groups excluding carboxylic acids is 1. The lowest BCUT2D eigenvalue weighted by atomic mass is 9.85. The molecule has 2 fully saturated rings. The molecule has 3 rings (SSSR count). The van der Waals surface area contributed by atoms with Crippen LogP contribution in [0.15, 0.2) is 24.3 Å². The van der Waals surface area contributed by atoms with Crippen molar-refractivity contribution >= 4 is 21.7 Å². The molecule has 1 heterocycles. The number of sulfonamides is 1. The zero-order chi connectivity index (χ0) is 17.2. The molecule has 6 heteroatoms. The molecule has 0 spiro atoms. The Morgan fingerprint density at radius 1 is 1.17 bits per heavy atom. The summed E-state index contributed by atoms with van der Waals surface area (Å²) in [6.45, 7) is 2.65. The lowest BCUT2D eigenvalue weighted by Crippen LogP contribution is -2.29. The number of esters is 1. The molecular formula is C18H25NO4S. The minimum absolute atomic E-state index is 0.00915. The summed E-state index contributed by atoms with van der Waals surface area (Å²) in [7, 11) is -3.19. The molecule has 1 saturated heterocycles. The molecule has 1 aromatic carbocycles. The zero-order valence-corrected chi connectivity index (χ0v) is 14.9. The monoisotopic (exact) mass is 351 g/mol. The lowest BCUT2D eigenvalue weighted by Gasteiger charge is -2.30. The summed E-state index contributed by atoms with van der Waals surface area (Å²) in [5.41, 5.74) is 1.10. The molecule has 1 aliphatic carbocycles. The third kappa shape index (κ3) is 3.58. The van der Waals surface area contributed by atoms with Gasteiger partial charge in [-0.25, -0.2) is 13.2 Å². The molecular weight excluding hydrogens is 326 g/mol. The lowest BCUT2D eigenvalue weighted by molar-refractivity contribution is 0.000711. The van der Waals surface area contributed by atoms with Crippen LogP contribution in [-0.2, 0) is 14.8 Å². The minimum atomic E-state index is -3.19. The first-order valence-corrected chi connectivity index (χ1v) is 10.4. The second-order valence-corrected chi connectivity index (χ2v) is 8.70. The fourth-order valence-corrected chi connectivity index (χ4v) is 5.26. The molecule has 1 saturated carbocycles. The number of anilines is 1. The molecule has 2 aliphatic rings. The maximum absolute atomic E-state index is 12.4. The van der Waals surface area contributed by atoms with E-state index in [1.165, 1.54) is 10.7 Å². The Labute approximate surface area is 144 Å². The van der Waals surface area contributed by atoms with Crippen LogP contribution in [0.1, 0.15) is 55.8 Å². The Hall–Kier alpha value is -1.56. The van der Waals surface area contributed by atoms with Gasteiger partial charge in [-0.05, 0) is 62.3 Å². The molecule has 0 aromatic heterocycles. The second kappa shape index (κ2) is 7.13. The van der Waals surface area contributed by atoms with Crippen LogP contribution in [0.5, 0.6) is 0 Å². The highest BCUT2D eigenvalue weighted by atomic mass is 32.2. The van der Waals surface area contributed by atoms with Gasteiger partial charge in [-0.2, -0.15) is 0 Å². The van der Waals surface area contributed by atoms with Crippen molar-refractivity contribution < 1.29 is 17.9 Å². The van der Waals surface area contributed by atoms with Crippen LogP contribution in [0.3, 0.4) is 0 Å². The van der Waals surface area contributed by atoms with E-state index >= 15 is 0 Å². The van der Waals surface area contributed by atoms with Crippen LogP contribution < -0.4 is 4.31 Å². The zero-order valence-electron chi connectivity index (χ0n) is 14.1. The van der Waals surface area contributed by atoms with Gasteiger partial charge in [-0.3, -0.25) is 4.31 Å². The first kappa shape index (κ1) is 17.3. The first-order chi connectivity index (χ1) is 11.5. The van der Waals surface area contributed by atoms with Crippen LogP contribution in [0.2, 0.25) is 0 Å². The SMILES string of the molecule is CCC1CCCCC1OC(=O)c1ccc(N2CCCS2(=O)=O)cc1. The number of nitrogens with zero attached hydrogens (tertiary/aromatic N) is 1. The van der Waals surface area contributed by atoms with Crippen LogP contribution in [0.4, 0.5) is 5.69 Å². The van der Waals surface area contributed by atoms with Crippen molar-refractivity contribution in [1.29, 1.82) is 0 Å². The van der Waals surface area contributed by atoms with Crippen molar-refractivity contribution in [2.24, 2.45) is 5.92 Å². The van der Waals surface area contributed by atoms with E-state index in [9.17, 15) is 13.2 Å². The van der Waals surface area contributed by atoms with Gasteiger partial charge in [-0.15, -0.1) is 0 Å². The normalized spacial score (nSPS) is 26.3. The molecule has 2 atom stereocenters. The maximum Gasteiger partial charge on any atom is 0.338 e. The summed E-state index contributed by atoms with van der Waals surface area (Å²) in [6.07, 6.45) is 6.07. The standard InChI is InChI=1S/C18H25NO4S/c1-2-14-6-3-4-7-17(14)23-18(20)15-8-10-16(11-9-15)19-12-5-13-24(19,21)22/h8-11,14,17H,2-7,12-13H2,1H3. The van der Waals surface area contributed by atoms with Crippen molar-refractivity contribution in [2.45, 2.75) is 51.6 Å². The summed E-state index contributed by atoms with van der Waals surface area (Å²) in [6, 6.07) is 6.71. The van der Waals surface area contributed by atoms with Crippen LogP contribution >= 0.6 is 0 Å². The molecule has 0 amide bonds. The van der Waals surface area contributed by atoms with Crippen molar-refractivity contribution in [3.8, 4) is 0 Å². The Bertz CT molecular complexity index is 683. The van der Waals surface area contributed by atoms with Gasteiger partial charge in [-0.1, -0.05) is 13.3 Å². The number of carbonyl (C=O) groups is 1. The average Bonchev–Trinajstić information content (AvgIpc) is 2.94. The highest BCUT2D eigenvalue weighted by Crippen LogP contribution is 2.30. The Morgan fingerprint density at radius 2 is 1.88 bits per heavy atom. The Kier molecular flexibility index (Phi) is 5.13.